The summed E-state index contributed by atoms with van der Waals surface area (Å²) in [5.41, 5.74) is 4.43. The first-order chi connectivity index (χ1) is 9.92. The van der Waals surface area contributed by atoms with Crippen LogP contribution in [0.15, 0.2) is 48.7 Å². The minimum atomic E-state index is 0.345. The van der Waals surface area contributed by atoms with E-state index in [0.717, 1.165) is 19.3 Å². The third-order valence-electron chi connectivity index (χ3n) is 3.59. The van der Waals surface area contributed by atoms with Gasteiger partial charge in [0, 0.05) is 11.9 Å². The van der Waals surface area contributed by atoms with Crippen LogP contribution in [0.25, 0.3) is 0 Å². The summed E-state index contributed by atoms with van der Waals surface area (Å²) in [6.45, 7) is 9.20. The molecule has 0 radical (unpaired) electrons. The smallest absolute Gasteiger partial charge is 0.0406 e. The maximum atomic E-state index is 4.43. The zero-order valence-electron chi connectivity index (χ0n) is 13.8. The third kappa shape index (κ3) is 5.71. The summed E-state index contributed by atoms with van der Waals surface area (Å²) in [5.74, 6) is 0.616. The highest BCUT2D eigenvalue weighted by Gasteiger charge is 2.12. The van der Waals surface area contributed by atoms with Crippen LogP contribution >= 0.6 is 0 Å². The molecule has 1 atom stereocenters. The van der Waals surface area contributed by atoms with Gasteiger partial charge in [-0.2, -0.15) is 0 Å². The van der Waals surface area contributed by atoms with E-state index in [-0.39, 0.29) is 0 Å². The summed E-state index contributed by atoms with van der Waals surface area (Å²) in [5, 5.41) is 0. The molecule has 2 aromatic rings. The molecule has 1 nitrogen and oxygen atoms in total. The molecule has 0 amide bonds. The number of pyridine rings is 1. The lowest BCUT2D eigenvalue weighted by Gasteiger charge is -2.19. The fourth-order valence-corrected chi connectivity index (χ4v) is 2.83. The Morgan fingerprint density at radius 2 is 1.71 bits per heavy atom. The van der Waals surface area contributed by atoms with Crippen LogP contribution in [-0.2, 0) is 19.3 Å². The molecule has 21 heavy (non-hydrogen) atoms. The maximum absolute atomic E-state index is 4.43. The molecule has 0 fully saturated rings. The molecule has 1 unspecified atom stereocenters. The molecular formula is C20H27N. The van der Waals surface area contributed by atoms with Gasteiger partial charge in [0.2, 0.25) is 0 Å². The van der Waals surface area contributed by atoms with Crippen molar-refractivity contribution in [2.75, 3.05) is 0 Å². The van der Waals surface area contributed by atoms with Crippen LogP contribution in [0.5, 0.6) is 0 Å². The third-order valence-corrected chi connectivity index (χ3v) is 3.59. The van der Waals surface area contributed by atoms with Crippen LogP contribution in [0, 0.1) is 11.3 Å². The Kier molecular flexibility index (Phi) is 5.17. The number of hydrogen-bond acceptors (Lipinski definition) is 1. The second-order valence-corrected chi connectivity index (χ2v) is 7.39. The molecule has 112 valence electrons. The van der Waals surface area contributed by atoms with Crippen molar-refractivity contribution < 1.29 is 0 Å². The first kappa shape index (κ1) is 15.8. The fraction of sp³-hybridized carbons (Fsp3) is 0.450. The Morgan fingerprint density at radius 3 is 2.38 bits per heavy atom. The molecule has 1 aromatic heterocycles. The zero-order valence-corrected chi connectivity index (χ0v) is 13.8. The van der Waals surface area contributed by atoms with E-state index in [4.69, 9.17) is 0 Å². The van der Waals surface area contributed by atoms with Crippen LogP contribution in [-0.4, -0.2) is 4.98 Å². The number of nitrogens with zero attached hydrogens (tertiary/aromatic N) is 1. The van der Waals surface area contributed by atoms with E-state index in [0.29, 0.717) is 11.3 Å². The molecule has 1 heterocycles. The molecular weight excluding hydrogens is 254 g/mol. The molecule has 0 aliphatic rings. The Bertz CT molecular complexity index is 552. The largest absolute Gasteiger partial charge is 0.261 e. The summed E-state index contributed by atoms with van der Waals surface area (Å²) in [6.07, 6.45) is 5.18. The SMILES string of the molecule is CC(Cc1cccc(CC(C)(C)C)c1)Cc1ccccn1. The Morgan fingerprint density at radius 1 is 0.952 bits per heavy atom. The van der Waals surface area contributed by atoms with E-state index in [9.17, 15) is 0 Å². The lowest BCUT2D eigenvalue weighted by atomic mass is 9.87. The molecule has 0 aliphatic carbocycles. The predicted octanol–water partition coefficient (Wildman–Crippen LogP) is 5.09. The summed E-state index contributed by atoms with van der Waals surface area (Å²) >= 11 is 0. The summed E-state index contributed by atoms with van der Waals surface area (Å²) < 4.78 is 0. The van der Waals surface area contributed by atoms with Gasteiger partial charge in [-0.15, -0.1) is 0 Å². The fourth-order valence-electron chi connectivity index (χ4n) is 2.83. The Hall–Kier alpha value is -1.63. The quantitative estimate of drug-likeness (QED) is 0.743. The summed E-state index contributed by atoms with van der Waals surface area (Å²) in [4.78, 5) is 4.43. The van der Waals surface area contributed by atoms with Crippen molar-refractivity contribution >= 4 is 0 Å². The molecule has 0 saturated carbocycles. The first-order valence-electron chi connectivity index (χ1n) is 7.90. The standard InChI is InChI=1S/C20H27N/c1-16(13-19-10-5-6-11-21-19)12-17-8-7-9-18(14-17)15-20(2,3)4/h5-11,14,16H,12-13,15H2,1-4H3. The van der Waals surface area contributed by atoms with Crippen LogP contribution in [0.4, 0.5) is 0 Å². The van der Waals surface area contributed by atoms with Gasteiger partial charge in [0.15, 0.2) is 0 Å². The van der Waals surface area contributed by atoms with Crippen LogP contribution < -0.4 is 0 Å². The molecule has 1 aromatic carbocycles. The second kappa shape index (κ2) is 6.89. The average molecular weight is 281 g/mol. The van der Waals surface area contributed by atoms with Crippen molar-refractivity contribution in [1.82, 2.24) is 4.98 Å². The molecule has 0 aliphatic heterocycles. The second-order valence-electron chi connectivity index (χ2n) is 7.39. The van der Waals surface area contributed by atoms with E-state index in [1.807, 2.05) is 12.3 Å². The van der Waals surface area contributed by atoms with Crippen molar-refractivity contribution in [3.05, 3.63) is 65.5 Å². The minimum absolute atomic E-state index is 0.345. The van der Waals surface area contributed by atoms with E-state index >= 15 is 0 Å². The van der Waals surface area contributed by atoms with Crippen LogP contribution in [0.2, 0.25) is 0 Å². The summed E-state index contributed by atoms with van der Waals surface area (Å²) in [7, 11) is 0. The van der Waals surface area contributed by atoms with Gasteiger partial charge in [-0.25, -0.2) is 0 Å². The minimum Gasteiger partial charge on any atom is -0.261 e. The van der Waals surface area contributed by atoms with Crippen molar-refractivity contribution in [2.45, 2.75) is 47.0 Å². The lowest BCUT2D eigenvalue weighted by molar-refractivity contribution is 0.411. The van der Waals surface area contributed by atoms with Gasteiger partial charge < -0.3 is 0 Å². The van der Waals surface area contributed by atoms with Crippen LogP contribution in [0.3, 0.4) is 0 Å². The number of benzene rings is 1. The topological polar surface area (TPSA) is 12.9 Å². The predicted molar refractivity (Wildman–Crippen MR) is 90.4 cm³/mol. The van der Waals surface area contributed by atoms with Gasteiger partial charge in [0.05, 0.1) is 0 Å². The van der Waals surface area contributed by atoms with E-state index in [2.05, 4.69) is 69.1 Å². The van der Waals surface area contributed by atoms with E-state index in [1.165, 1.54) is 16.8 Å². The van der Waals surface area contributed by atoms with Gasteiger partial charge in [0.1, 0.15) is 0 Å². The van der Waals surface area contributed by atoms with Gasteiger partial charge in [-0.3, -0.25) is 4.98 Å². The van der Waals surface area contributed by atoms with Gasteiger partial charge in [-0.05, 0) is 53.9 Å². The summed E-state index contributed by atoms with van der Waals surface area (Å²) in [6, 6.07) is 15.2. The number of rotatable bonds is 5. The lowest BCUT2D eigenvalue weighted by Crippen LogP contribution is -2.10. The molecule has 1 heteroatoms. The molecule has 0 bridgehead atoms. The normalized spacial score (nSPS) is 13.1. The number of aromatic nitrogens is 1. The van der Waals surface area contributed by atoms with Crippen LogP contribution in [0.1, 0.15) is 44.5 Å². The van der Waals surface area contributed by atoms with Crippen molar-refractivity contribution in [3.63, 3.8) is 0 Å². The highest BCUT2D eigenvalue weighted by Crippen LogP contribution is 2.22. The molecule has 2 rings (SSSR count). The number of hydrogen-bond donors (Lipinski definition) is 0. The zero-order chi connectivity index (χ0) is 15.3. The van der Waals surface area contributed by atoms with Crippen molar-refractivity contribution in [3.8, 4) is 0 Å². The van der Waals surface area contributed by atoms with E-state index in [1.54, 1.807) is 0 Å². The highest BCUT2D eigenvalue weighted by molar-refractivity contribution is 5.25. The first-order valence-corrected chi connectivity index (χ1v) is 7.90. The van der Waals surface area contributed by atoms with Gasteiger partial charge >= 0.3 is 0 Å². The highest BCUT2D eigenvalue weighted by atomic mass is 14.7. The monoisotopic (exact) mass is 281 g/mol. The van der Waals surface area contributed by atoms with Crippen molar-refractivity contribution in [2.24, 2.45) is 11.3 Å². The van der Waals surface area contributed by atoms with Gasteiger partial charge in [0.25, 0.3) is 0 Å². The maximum Gasteiger partial charge on any atom is 0.0406 e. The van der Waals surface area contributed by atoms with Crippen molar-refractivity contribution in [1.29, 1.82) is 0 Å². The van der Waals surface area contributed by atoms with Gasteiger partial charge in [-0.1, -0.05) is 58.0 Å². The average Bonchev–Trinajstić information content (AvgIpc) is 2.38. The molecule has 0 N–H and O–H groups in total. The molecule has 0 saturated heterocycles. The Labute approximate surface area is 129 Å². The molecule has 0 spiro atoms. The Balaban J connectivity index is 1.97. The van der Waals surface area contributed by atoms with E-state index < -0.39 is 0 Å².